The van der Waals surface area contributed by atoms with E-state index in [0.29, 0.717) is 12.0 Å². The fourth-order valence-corrected chi connectivity index (χ4v) is 4.58. The molecule has 2 bridgehead atoms. The van der Waals surface area contributed by atoms with E-state index in [4.69, 9.17) is 4.74 Å². The maximum atomic E-state index is 12.8. The lowest BCUT2D eigenvalue weighted by molar-refractivity contribution is 0.0722. The van der Waals surface area contributed by atoms with Gasteiger partial charge in [0.2, 0.25) is 0 Å². The van der Waals surface area contributed by atoms with Crippen LogP contribution in [0.5, 0.6) is 0 Å². The van der Waals surface area contributed by atoms with Gasteiger partial charge in [0.15, 0.2) is 0 Å². The summed E-state index contributed by atoms with van der Waals surface area (Å²) in [5.74, 6) is 0.848. The van der Waals surface area contributed by atoms with Crippen molar-refractivity contribution >= 4 is 17.2 Å². The molecule has 1 aromatic heterocycles. The monoisotopic (exact) mass is 322 g/mol. The Morgan fingerprint density at radius 1 is 1.32 bits per heavy atom. The number of nitrogens with zero attached hydrogens (tertiary/aromatic N) is 2. The molecule has 0 saturated carbocycles. The first-order valence-corrected chi connectivity index (χ1v) is 9.14. The fourth-order valence-electron chi connectivity index (χ4n) is 3.67. The third-order valence-corrected chi connectivity index (χ3v) is 6.14. The van der Waals surface area contributed by atoms with Crippen molar-refractivity contribution in [3.63, 3.8) is 0 Å². The number of piperidine rings is 1. The predicted octanol–water partition coefficient (Wildman–Crippen LogP) is 2.49. The van der Waals surface area contributed by atoms with Gasteiger partial charge in [-0.05, 0) is 37.3 Å². The molecule has 0 unspecified atom stereocenters. The second-order valence-electron chi connectivity index (χ2n) is 6.41. The molecule has 1 amide bonds. The molecular formula is C17H26N2O2S. The van der Waals surface area contributed by atoms with E-state index >= 15 is 0 Å². The number of carbonyl (C=O) groups is 1. The summed E-state index contributed by atoms with van der Waals surface area (Å²) < 4.78 is 5.23. The van der Waals surface area contributed by atoms with Gasteiger partial charge >= 0.3 is 0 Å². The molecule has 4 rings (SSSR count). The summed E-state index contributed by atoms with van der Waals surface area (Å²) in [6, 6.07) is 4.60. The maximum absolute atomic E-state index is 12.8. The molecule has 3 saturated heterocycles. The second-order valence-corrected chi connectivity index (χ2v) is 7.58. The van der Waals surface area contributed by atoms with E-state index in [1.54, 1.807) is 18.4 Å². The largest absolute Gasteiger partial charge is 0.383 e. The van der Waals surface area contributed by atoms with Gasteiger partial charge in [0.1, 0.15) is 0 Å². The topological polar surface area (TPSA) is 32.8 Å². The van der Waals surface area contributed by atoms with Crippen LogP contribution in [0.15, 0.2) is 12.1 Å². The number of methoxy groups -OCH3 is 1. The van der Waals surface area contributed by atoms with Gasteiger partial charge in [0.25, 0.3) is 5.91 Å². The van der Waals surface area contributed by atoms with Crippen molar-refractivity contribution in [2.75, 3.05) is 39.9 Å². The summed E-state index contributed by atoms with van der Waals surface area (Å²) >= 11 is 1.65. The number of hydrogen-bond donors (Lipinski definition) is 0. The van der Waals surface area contributed by atoms with Crippen LogP contribution in [-0.4, -0.2) is 61.6 Å². The van der Waals surface area contributed by atoms with Gasteiger partial charge in [-0.3, -0.25) is 9.69 Å². The van der Waals surface area contributed by atoms with Gasteiger partial charge < -0.3 is 9.64 Å². The molecule has 2 atom stereocenters. The molecule has 0 spiro atoms. The first-order valence-electron chi connectivity index (χ1n) is 8.32. The first-order chi connectivity index (χ1) is 10.7. The van der Waals surface area contributed by atoms with Crippen molar-refractivity contribution in [1.82, 2.24) is 9.80 Å². The van der Waals surface area contributed by atoms with Crippen LogP contribution in [0.25, 0.3) is 0 Å². The molecule has 122 valence electrons. The Kier molecular flexibility index (Phi) is 5.16. The van der Waals surface area contributed by atoms with Gasteiger partial charge in [-0.25, -0.2) is 0 Å². The second kappa shape index (κ2) is 7.11. The Morgan fingerprint density at radius 3 is 2.91 bits per heavy atom. The lowest BCUT2D eigenvalue weighted by Gasteiger charge is -2.35. The highest BCUT2D eigenvalue weighted by molar-refractivity contribution is 7.14. The number of rotatable bonds is 5. The highest BCUT2D eigenvalue weighted by Crippen LogP contribution is 2.29. The van der Waals surface area contributed by atoms with Crippen molar-refractivity contribution in [1.29, 1.82) is 0 Å². The zero-order valence-electron chi connectivity index (χ0n) is 13.6. The number of hydrogen-bond acceptors (Lipinski definition) is 4. The fraction of sp³-hybridized carbons (Fsp3) is 0.706. The van der Waals surface area contributed by atoms with Crippen LogP contribution in [0.2, 0.25) is 0 Å². The van der Waals surface area contributed by atoms with E-state index in [9.17, 15) is 4.79 Å². The van der Waals surface area contributed by atoms with Crippen molar-refractivity contribution < 1.29 is 9.53 Å². The van der Waals surface area contributed by atoms with Gasteiger partial charge in [-0.2, -0.15) is 0 Å². The third kappa shape index (κ3) is 3.36. The number of ether oxygens (including phenoxy) is 1. The van der Waals surface area contributed by atoms with E-state index in [1.165, 1.54) is 17.7 Å². The Labute approximate surface area is 137 Å². The average Bonchev–Trinajstić information content (AvgIpc) is 2.84. The van der Waals surface area contributed by atoms with E-state index in [1.807, 2.05) is 6.07 Å². The number of aryl methyl sites for hydroxylation is 1. The normalized spacial score (nSPS) is 25.5. The highest BCUT2D eigenvalue weighted by Gasteiger charge is 2.36. The summed E-state index contributed by atoms with van der Waals surface area (Å²) in [7, 11) is 1.76. The molecule has 1 aromatic rings. The summed E-state index contributed by atoms with van der Waals surface area (Å²) in [5, 5.41) is 0. The molecule has 0 aliphatic carbocycles. The number of carbonyl (C=O) groups excluding carboxylic acids is 1. The minimum atomic E-state index is 0.232. The van der Waals surface area contributed by atoms with Crippen LogP contribution in [-0.2, 0) is 11.2 Å². The summed E-state index contributed by atoms with van der Waals surface area (Å²) in [6.45, 7) is 6.81. The quantitative estimate of drug-likeness (QED) is 0.835. The lowest BCUT2D eigenvalue weighted by atomic mass is 9.95. The Morgan fingerprint density at radius 2 is 2.18 bits per heavy atom. The number of fused-ring (bicyclic) bond motifs is 4. The highest BCUT2D eigenvalue weighted by atomic mass is 32.1. The van der Waals surface area contributed by atoms with E-state index in [-0.39, 0.29) is 5.91 Å². The molecule has 0 aromatic carbocycles. The van der Waals surface area contributed by atoms with Crippen molar-refractivity contribution in [3.05, 3.63) is 21.9 Å². The number of thiophene rings is 1. The maximum Gasteiger partial charge on any atom is 0.263 e. The molecule has 3 aliphatic rings. The van der Waals surface area contributed by atoms with Crippen LogP contribution < -0.4 is 0 Å². The van der Waals surface area contributed by atoms with Crippen LogP contribution in [0.4, 0.5) is 0 Å². The smallest absolute Gasteiger partial charge is 0.263 e. The lowest BCUT2D eigenvalue weighted by Crippen LogP contribution is -2.45. The average molecular weight is 322 g/mol. The van der Waals surface area contributed by atoms with Crippen LogP contribution in [0, 0.1) is 5.92 Å². The van der Waals surface area contributed by atoms with Crippen molar-refractivity contribution in [2.24, 2.45) is 5.92 Å². The van der Waals surface area contributed by atoms with Crippen LogP contribution in [0.1, 0.15) is 34.3 Å². The predicted molar refractivity (Wildman–Crippen MR) is 89.6 cm³/mol. The summed E-state index contributed by atoms with van der Waals surface area (Å²) in [5.41, 5.74) is 0. The molecule has 5 heteroatoms. The van der Waals surface area contributed by atoms with Gasteiger partial charge in [-0.1, -0.05) is 6.92 Å². The Bertz CT molecular complexity index is 517. The van der Waals surface area contributed by atoms with Gasteiger partial charge in [0, 0.05) is 44.2 Å². The molecule has 3 fully saturated rings. The Balaban J connectivity index is 1.69. The molecule has 4 nitrogen and oxygen atoms in total. The van der Waals surface area contributed by atoms with Crippen LogP contribution in [0.3, 0.4) is 0 Å². The zero-order chi connectivity index (χ0) is 15.5. The first kappa shape index (κ1) is 16.0. The van der Waals surface area contributed by atoms with E-state index < -0.39 is 0 Å². The number of amides is 1. The summed E-state index contributed by atoms with van der Waals surface area (Å²) in [6.07, 6.45) is 3.47. The molecule has 22 heavy (non-hydrogen) atoms. The molecule has 0 N–H and O–H groups in total. The minimum Gasteiger partial charge on any atom is -0.383 e. The van der Waals surface area contributed by atoms with Crippen molar-refractivity contribution in [3.8, 4) is 0 Å². The molecule has 4 heterocycles. The Hall–Kier alpha value is -0.910. The molecular weight excluding hydrogens is 296 g/mol. The van der Waals surface area contributed by atoms with Crippen LogP contribution >= 0.6 is 11.3 Å². The standard InChI is InChI=1S/C17H26N2O2S/c1-3-15-6-7-16(22-15)17(20)19-11-13-4-5-14(12-19)18(10-13)8-9-21-2/h6-7,13-14H,3-5,8-12H2,1-2H3/t13-,14-/m0/s1. The van der Waals surface area contributed by atoms with E-state index in [0.717, 1.165) is 44.1 Å². The summed E-state index contributed by atoms with van der Waals surface area (Å²) in [4.78, 5) is 19.6. The van der Waals surface area contributed by atoms with Crippen molar-refractivity contribution in [2.45, 2.75) is 32.2 Å². The molecule has 3 aliphatic heterocycles. The minimum absolute atomic E-state index is 0.232. The zero-order valence-corrected chi connectivity index (χ0v) is 14.4. The SMILES string of the molecule is CCc1ccc(C(=O)N2C[C@H]3CC[C@@H](C2)N(CCOC)C3)s1. The van der Waals surface area contributed by atoms with Gasteiger partial charge in [0.05, 0.1) is 11.5 Å². The molecule has 0 radical (unpaired) electrons. The van der Waals surface area contributed by atoms with E-state index in [2.05, 4.69) is 22.8 Å². The third-order valence-electron chi connectivity index (χ3n) is 4.92. The van der Waals surface area contributed by atoms with Gasteiger partial charge in [-0.15, -0.1) is 11.3 Å².